The Labute approximate surface area is 134 Å². The standard InChI is InChI=1S/C19H17NO3/c1-12-10-14-7-3-5-9-16(14)20(12)18(21)17-11-13-6-2-4-8-15(13)19(22)23-17/h2-9,12,17H,10-11H2,1H3. The molecule has 2 aromatic rings. The fourth-order valence-corrected chi connectivity index (χ4v) is 3.53. The van der Waals surface area contributed by atoms with Crippen LogP contribution in [0, 0.1) is 0 Å². The molecule has 4 heteroatoms. The third-order valence-corrected chi connectivity index (χ3v) is 4.61. The van der Waals surface area contributed by atoms with Gasteiger partial charge in [-0.1, -0.05) is 36.4 Å². The summed E-state index contributed by atoms with van der Waals surface area (Å²) in [7, 11) is 0. The van der Waals surface area contributed by atoms with Crippen LogP contribution in [0.3, 0.4) is 0 Å². The highest BCUT2D eigenvalue weighted by Crippen LogP contribution is 2.33. The predicted molar refractivity (Wildman–Crippen MR) is 86.4 cm³/mol. The normalized spacial score (nSPS) is 22.3. The molecule has 2 heterocycles. The summed E-state index contributed by atoms with van der Waals surface area (Å²) in [6, 6.07) is 15.3. The van der Waals surface area contributed by atoms with Gasteiger partial charge in [0.1, 0.15) is 0 Å². The van der Waals surface area contributed by atoms with Gasteiger partial charge < -0.3 is 9.64 Å². The van der Waals surface area contributed by atoms with Crippen LogP contribution < -0.4 is 4.90 Å². The smallest absolute Gasteiger partial charge is 0.339 e. The van der Waals surface area contributed by atoms with Crippen molar-refractivity contribution < 1.29 is 14.3 Å². The number of carbonyl (C=O) groups excluding carboxylic acids is 2. The molecule has 0 aromatic heterocycles. The topological polar surface area (TPSA) is 46.6 Å². The number of benzene rings is 2. The summed E-state index contributed by atoms with van der Waals surface area (Å²) in [5.74, 6) is -0.546. The summed E-state index contributed by atoms with van der Waals surface area (Å²) in [6.45, 7) is 2.02. The van der Waals surface area contributed by atoms with E-state index in [-0.39, 0.29) is 11.9 Å². The molecule has 4 rings (SSSR count). The molecule has 2 atom stereocenters. The van der Waals surface area contributed by atoms with Crippen molar-refractivity contribution in [3.8, 4) is 0 Å². The van der Waals surface area contributed by atoms with E-state index in [1.54, 1.807) is 17.0 Å². The van der Waals surface area contributed by atoms with E-state index in [1.807, 2.05) is 43.3 Å². The molecule has 2 aliphatic rings. The minimum Gasteiger partial charge on any atom is -0.448 e. The molecular weight excluding hydrogens is 290 g/mol. The first-order chi connectivity index (χ1) is 11.1. The quantitative estimate of drug-likeness (QED) is 0.761. The molecule has 0 saturated heterocycles. The van der Waals surface area contributed by atoms with E-state index in [0.717, 1.165) is 23.2 Å². The monoisotopic (exact) mass is 307 g/mol. The number of anilines is 1. The van der Waals surface area contributed by atoms with Gasteiger partial charge in [0, 0.05) is 18.2 Å². The van der Waals surface area contributed by atoms with Crippen LogP contribution in [-0.2, 0) is 22.4 Å². The van der Waals surface area contributed by atoms with Crippen molar-refractivity contribution in [1.82, 2.24) is 0 Å². The molecule has 2 aromatic carbocycles. The summed E-state index contributed by atoms with van der Waals surface area (Å²) in [5.41, 5.74) is 3.53. The highest BCUT2D eigenvalue weighted by molar-refractivity contribution is 6.02. The van der Waals surface area contributed by atoms with Gasteiger partial charge in [-0.15, -0.1) is 0 Å². The first-order valence-electron chi connectivity index (χ1n) is 7.85. The third-order valence-electron chi connectivity index (χ3n) is 4.61. The lowest BCUT2D eigenvalue weighted by Gasteiger charge is -2.30. The van der Waals surface area contributed by atoms with Crippen LogP contribution in [0.15, 0.2) is 48.5 Å². The summed E-state index contributed by atoms with van der Waals surface area (Å²) >= 11 is 0. The second-order valence-corrected chi connectivity index (χ2v) is 6.15. The number of amides is 1. The maximum Gasteiger partial charge on any atom is 0.339 e. The van der Waals surface area contributed by atoms with Gasteiger partial charge in [0.2, 0.25) is 0 Å². The molecule has 116 valence electrons. The first kappa shape index (κ1) is 14.0. The Hall–Kier alpha value is -2.62. The number of esters is 1. The zero-order valence-electron chi connectivity index (χ0n) is 12.9. The van der Waals surface area contributed by atoms with Crippen molar-refractivity contribution >= 4 is 17.6 Å². The number of para-hydroxylation sites is 1. The molecular formula is C19H17NO3. The van der Waals surface area contributed by atoms with Crippen LogP contribution in [0.1, 0.15) is 28.4 Å². The molecule has 23 heavy (non-hydrogen) atoms. The van der Waals surface area contributed by atoms with Gasteiger partial charge in [-0.05, 0) is 36.6 Å². The number of fused-ring (bicyclic) bond motifs is 2. The molecule has 1 amide bonds. The number of cyclic esters (lactones) is 1. The lowest BCUT2D eigenvalue weighted by atomic mass is 9.98. The minimum atomic E-state index is -0.744. The van der Waals surface area contributed by atoms with Crippen molar-refractivity contribution in [2.45, 2.75) is 31.9 Å². The van der Waals surface area contributed by atoms with E-state index in [0.29, 0.717) is 12.0 Å². The maximum atomic E-state index is 13.0. The van der Waals surface area contributed by atoms with Gasteiger partial charge in [-0.25, -0.2) is 4.79 Å². The molecule has 0 aliphatic carbocycles. The molecule has 0 saturated carbocycles. The highest BCUT2D eigenvalue weighted by atomic mass is 16.5. The van der Waals surface area contributed by atoms with Gasteiger partial charge in [0.15, 0.2) is 6.10 Å². The minimum absolute atomic E-state index is 0.0794. The number of hydrogen-bond acceptors (Lipinski definition) is 3. The van der Waals surface area contributed by atoms with Crippen molar-refractivity contribution in [2.24, 2.45) is 0 Å². The number of ether oxygens (including phenoxy) is 1. The molecule has 0 bridgehead atoms. The van der Waals surface area contributed by atoms with Crippen LogP contribution in [-0.4, -0.2) is 24.0 Å². The Morgan fingerprint density at radius 2 is 1.74 bits per heavy atom. The average molecular weight is 307 g/mol. The average Bonchev–Trinajstić information content (AvgIpc) is 2.90. The molecule has 0 N–H and O–H groups in total. The van der Waals surface area contributed by atoms with Gasteiger partial charge in [0.25, 0.3) is 5.91 Å². The molecule has 2 unspecified atom stereocenters. The van der Waals surface area contributed by atoms with Crippen molar-refractivity contribution in [2.75, 3.05) is 4.90 Å². The summed E-state index contributed by atoms with van der Waals surface area (Å²) < 4.78 is 5.42. The highest BCUT2D eigenvalue weighted by Gasteiger charge is 2.38. The van der Waals surface area contributed by atoms with Gasteiger partial charge in [-0.2, -0.15) is 0 Å². The SMILES string of the molecule is CC1Cc2ccccc2N1C(=O)C1Cc2ccccc2C(=O)O1. The number of carbonyl (C=O) groups is 2. The summed E-state index contributed by atoms with van der Waals surface area (Å²) in [6.07, 6.45) is 0.525. The molecule has 0 radical (unpaired) electrons. The van der Waals surface area contributed by atoms with E-state index in [1.165, 1.54) is 0 Å². The maximum absolute atomic E-state index is 13.0. The van der Waals surface area contributed by atoms with Crippen molar-refractivity contribution in [1.29, 1.82) is 0 Å². The Bertz CT molecular complexity index is 799. The number of rotatable bonds is 1. The second-order valence-electron chi connectivity index (χ2n) is 6.15. The van der Waals surface area contributed by atoms with Crippen molar-refractivity contribution in [3.05, 3.63) is 65.2 Å². The summed E-state index contributed by atoms with van der Waals surface area (Å²) in [5, 5.41) is 0. The molecule has 4 nitrogen and oxygen atoms in total. The zero-order chi connectivity index (χ0) is 16.0. The second kappa shape index (κ2) is 5.23. The third kappa shape index (κ3) is 2.22. The Morgan fingerprint density at radius 1 is 1.04 bits per heavy atom. The van der Waals surface area contributed by atoms with Gasteiger partial charge in [0.05, 0.1) is 5.56 Å². The molecule has 0 spiro atoms. The largest absolute Gasteiger partial charge is 0.448 e. The van der Waals surface area contributed by atoms with Gasteiger partial charge in [-0.3, -0.25) is 4.79 Å². The van der Waals surface area contributed by atoms with E-state index < -0.39 is 12.1 Å². The number of nitrogens with zero attached hydrogens (tertiary/aromatic N) is 1. The zero-order valence-corrected chi connectivity index (χ0v) is 12.9. The predicted octanol–water partition coefficient (Wildman–Crippen LogP) is 2.75. The number of hydrogen-bond donors (Lipinski definition) is 0. The van der Waals surface area contributed by atoms with E-state index >= 15 is 0 Å². The fraction of sp³-hybridized carbons (Fsp3) is 0.263. The Morgan fingerprint density at radius 3 is 2.57 bits per heavy atom. The van der Waals surface area contributed by atoms with E-state index in [9.17, 15) is 9.59 Å². The lowest BCUT2D eigenvalue weighted by molar-refractivity contribution is -0.127. The van der Waals surface area contributed by atoms with Crippen LogP contribution in [0.25, 0.3) is 0 Å². The van der Waals surface area contributed by atoms with Crippen LogP contribution >= 0.6 is 0 Å². The molecule has 2 aliphatic heterocycles. The molecule has 0 fully saturated rings. The van der Waals surface area contributed by atoms with Crippen molar-refractivity contribution in [3.63, 3.8) is 0 Å². The van der Waals surface area contributed by atoms with Crippen LogP contribution in [0.4, 0.5) is 5.69 Å². The van der Waals surface area contributed by atoms with E-state index in [4.69, 9.17) is 4.74 Å². The Balaban J connectivity index is 1.65. The Kier molecular flexibility index (Phi) is 3.18. The van der Waals surface area contributed by atoms with Gasteiger partial charge >= 0.3 is 5.97 Å². The fourth-order valence-electron chi connectivity index (χ4n) is 3.53. The van der Waals surface area contributed by atoms with Crippen LogP contribution in [0.2, 0.25) is 0 Å². The first-order valence-corrected chi connectivity index (χ1v) is 7.85. The van der Waals surface area contributed by atoms with Crippen LogP contribution in [0.5, 0.6) is 0 Å². The lowest BCUT2D eigenvalue weighted by Crippen LogP contribution is -2.46. The van der Waals surface area contributed by atoms with E-state index in [2.05, 4.69) is 0 Å². The summed E-state index contributed by atoms with van der Waals surface area (Å²) in [4.78, 5) is 26.9.